The van der Waals surface area contributed by atoms with Gasteiger partial charge >= 0.3 is 11.7 Å². The zero-order chi connectivity index (χ0) is 13.0. The number of carbonyl (C=O) groups is 3. The minimum Gasteiger partial charge on any atom is -0.480 e. The molecule has 0 saturated carbocycles. The number of primary amides is 1. The van der Waals surface area contributed by atoms with E-state index in [1.807, 2.05) is 5.32 Å². The van der Waals surface area contributed by atoms with E-state index in [-0.39, 0.29) is 5.69 Å². The lowest BCUT2D eigenvalue weighted by atomic mass is 10.2. The minimum atomic E-state index is -1.43. The molecule has 1 atom stereocenters. The lowest BCUT2D eigenvalue weighted by Gasteiger charge is -2.11. The Morgan fingerprint density at radius 1 is 1.47 bits per heavy atom. The van der Waals surface area contributed by atoms with Gasteiger partial charge < -0.3 is 26.1 Å². The number of nitrogens with one attached hydrogen (secondary N) is 3. The normalized spacial score (nSPS) is 11.8. The number of aromatic nitrogens is 2. The van der Waals surface area contributed by atoms with E-state index in [2.05, 4.69) is 9.97 Å². The Bertz CT molecular complexity index is 502. The van der Waals surface area contributed by atoms with Crippen LogP contribution in [-0.4, -0.2) is 38.9 Å². The van der Waals surface area contributed by atoms with Crippen LogP contribution in [0.2, 0.25) is 0 Å². The molecule has 0 aliphatic carbocycles. The number of nitrogens with two attached hydrogens (primary N) is 1. The van der Waals surface area contributed by atoms with Crippen LogP contribution in [0.3, 0.4) is 0 Å². The van der Waals surface area contributed by atoms with Crippen molar-refractivity contribution in [2.75, 3.05) is 0 Å². The average molecular weight is 242 g/mol. The lowest BCUT2D eigenvalue weighted by Crippen LogP contribution is -2.43. The Morgan fingerprint density at radius 3 is 2.53 bits per heavy atom. The predicted molar refractivity (Wildman–Crippen MR) is 54.1 cm³/mol. The third-order valence-corrected chi connectivity index (χ3v) is 1.85. The highest BCUT2D eigenvalue weighted by Gasteiger charge is 2.23. The monoisotopic (exact) mass is 242 g/mol. The molecule has 2 amide bonds. The molecular formula is C8H10N4O5. The molecule has 0 saturated heterocycles. The van der Waals surface area contributed by atoms with E-state index in [9.17, 15) is 19.2 Å². The van der Waals surface area contributed by atoms with Gasteiger partial charge in [0.15, 0.2) is 0 Å². The van der Waals surface area contributed by atoms with Crippen molar-refractivity contribution >= 4 is 17.8 Å². The van der Waals surface area contributed by atoms with Gasteiger partial charge in [0.25, 0.3) is 5.91 Å². The number of amides is 2. The van der Waals surface area contributed by atoms with Gasteiger partial charge in [0.2, 0.25) is 5.91 Å². The first-order valence-corrected chi connectivity index (χ1v) is 4.50. The van der Waals surface area contributed by atoms with E-state index in [0.717, 1.165) is 6.20 Å². The molecule has 6 N–H and O–H groups in total. The van der Waals surface area contributed by atoms with Crippen LogP contribution in [0.15, 0.2) is 11.0 Å². The number of imidazole rings is 1. The maximum atomic E-state index is 11.4. The maximum absolute atomic E-state index is 11.4. The van der Waals surface area contributed by atoms with Crippen molar-refractivity contribution < 1.29 is 19.5 Å². The van der Waals surface area contributed by atoms with Crippen molar-refractivity contribution in [2.24, 2.45) is 5.73 Å². The van der Waals surface area contributed by atoms with Crippen molar-refractivity contribution in [2.45, 2.75) is 12.5 Å². The molecule has 92 valence electrons. The quantitative estimate of drug-likeness (QED) is 0.394. The molecule has 17 heavy (non-hydrogen) atoms. The molecule has 0 spiro atoms. The van der Waals surface area contributed by atoms with Crippen LogP contribution < -0.4 is 16.7 Å². The largest absolute Gasteiger partial charge is 0.480 e. The number of aromatic amines is 2. The maximum Gasteiger partial charge on any atom is 0.326 e. The van der Waals surface area contributed by atoms with Crippen LogP contribution in [0.1, 0.15) is 16.9 Å². The summed E-state index contributed by atoms with van der Waals surface area (Å²) in [6.07, 6.45) is 0.552. The summed E-state index contributed by atoms with van der Waals surface area (Å²) in [6, 6.07) is -1.43. The highest BCUT2D eigenvalue weighted by Crippen LogP contribution is 1.95. The number of carboxylic acid groups (broad SMARTS) is 1. The van der Waals surface area contributed by atoms with Gasteiger partial charge in [-0.25, -0.2) is 9.59 Å². The van der Waals surface area contributed by atoms with Crippen LogP contribution in [0.25, 0.3) is 0 Å². The number of rotatable bonds is 5. The number of aliphatic carboxylic acids is 1. The van der Waals surface area contributed by atoms with Crippen molar-refractivity contribution in [3.05, 3.63) is 22.4 Å². The van der Waals surface area contributed by atoms with E-state index in [1.165, 1.54) is 0 Å². The summed E-state index contributed by atoms with van der Waals surface area (Å²) in [5.41, 5.74) is 4.10. The lowest BCUT2D eigenvalue weighted by molar-refractivity contribution is -0.140. The Hall–Kier alpha value is -2.58. The number of carbonyl (C=O) groups excluding carboxylic acids is 2. The van der Waals surface area contributed by atoms with Crippen LogP contribution in [0.5, 0.6) is 0 Å². The number of H-pyrrole nitrogens is 2. The van der Waals surface area contributed by atoms with Crippen LogP contribution >= 0.6 is 0 Å². The van der Waals surface area contributed by atoms with Gasteiger partial charge in [-0.15, -0.1) is 0 Å². The van der Waals surface area contributed by atoms with Gasteiger partial charge in [0.1, 0.15) is 11.7 Å². The average Bonchev–Trinajstić information content (AvgIpc) is 2.63. The van der Waals surface area contributed by atoms with Gasteiger partial charge in [0, 0.05) is 6.20 Å². The summed E-state index contributed by atoms with van der Waals surface area (Å²) in [6.45, 7) is 0. The molecule has 0 aromatic carbocycles. The van der Waals surface area contributed by atoms with Crippen LogP contribution in [-0.2, 0) is 9.59 Å². The fourth-order valence-corrected chi connectivity index (χ4v) is 1.09. The van der Waals surface area contributed by atoms with E-state index in [0.29, 0.717) is 0 Å². The summed E-state index contributed by atoms with van der Waals surface area (Å²) in [5.74, 6) is -3.08. The second-order valence-corrected chi connectivity index (χ2v) is 3.19. The first-order valence-electron chi connectivity index (χ1n) is 4.50. The second-order valence-electron chi connectivity index (χ2n) is 3.19. The standard InChI is InChI=1S/C8H10N4O5/c9-5(13)1-3(7(15)16)11-6(14)4-2-10-8(17)12-4/h2-3H,1H2,(H2,9,13)(H,11,14)(H,15,16)(H2,10,12,17)/t3-/m0/s1. The molecule has 9 nitrogen and oxygen atoms in total. The van der Waals surface area contributed by atoms with E-state index < -0.39 is 35.9 Å². The molecule has 0 unspecified atom stereocenters. The van der Waals surface area contributed by atoms with Crippen molar-refractivity contribution in [3.8, 4) is 0 Å². The molecular weight excluding hydrogens is 232 g/mol. The summed E-state index contributed by atoms with van der Waals surface area (Å²) >= 11 is 0. The second kappa shape index (κ2) is 4.96. The van der Waals surface area contributed by atoms with Crippen molar-refractivity contribution in [1.29, 1.82) is 0 Å². The van der Waals surface area contributed by atoms with E-state index in [1.54, 1.807) is 0 Å². The first-order chi connectivity index (χ1) is 7.90. The zero-order valence-corrected chi connectivity index (χ0v) is 8.52. The van der Waals surface area contributed by atoms with Gasteiger partial charge in [-0.2, -0.15) is 0 Å². The molecule has 0 fully saturated rings. The number of hydrogen-bond acceptors (Lipinski definition) is 4. The summed E-state index contributed by atoms with van der Waals surface area (Å²) in [7, 11) is 0. The summed E-state index contributed by atoms with van der Waals surface area (Å²) in [4.78, 5) is 47.8. The molecule has 0 radical (unpaired) electrons. The Morgan fingerprint density at radius 2 is 2.12 bits per heavy atom. The SMILES string of the molecule is NC(=O)C[C@H](NC(=O)c1c[nH]c(=O)[nH]1)C(=O)O. The molecule has 1 aromatic heterocycles. The fourth-order valence-electron chi connectivity index (χ4n) is 1.09. The van der Waals surface area contributed by atoms with Crippen molar-refractivity contribution in [1.82, 2.24) is 15.3 Å². The fraction of sp³-hybridized carbons (Fsp3) is 0.250. The Balaban J connectivity index is 2.74. The van der Waals surface area contributed by atoms with E-state index >= 15 is 0 Å². The zero-order valence-electron chi connectivity index (χ0n) is 8.52. The Labute approximate surface area is 94.0 Å². The molecule has 1 aromatic rings. The van der Waals surface area contributed by atoms with Crippen LogP contribution in [0, 0.1) is 0 Å². The molecule has 1 heterocycles. The van der Waals surface area contributed by atoms with Gasteiger partial charge in [-0.1, -0.05) is 0 Å². The topological polar surface area (TPSA) is 158 Å². The molecule has 0 aliphatic heterocycles. The first kappa shape index (κ1) is 12.5. The molecule has 9 heteroatoms. The van der Waals surface area contributed by atoms with Crippen LogP contribution in [0.4, 0.5) is 0 Å². The predicted octanol–water partition coefficient (Wildman–Crippen LogP) is -2.24. The van der Waals surface area contributed by atoms with E-state index in [4.69, 9.17) is 10.8 Å². The highest BCUT2D eigenvalue weighted by molar-refractivity contribution is 5.95. The number of carboxylic acids is 1. The van der Waals surface area contributed by atoms with Gasteiger partial charge in [-0.3, -0.25) is 9.59 Å². The molecule has 0 aliphatic rings. The Kier molecular flexibility index (Phi) is 3.65. The number of hydrogen-bond donors (Lipinski definition) is 5. The van der Waals surface area contributed by atoms with Gasteiger partial charge in [-0.05, 0) is 0 Å². The van der Waals surface area contributed by atoms with Crippen molar-refractivity contribution in [3.63, 3.8) is 0 Å². The minimum absolute atomic E-state index is 0.134. The third-order valence-electron chi connectivity index (χ3n) is 1.85. The highest BCUT2D eigenvalue weighted by atomic mass is 16.4. The summed E-state index contributed by atoms with van der Waals surface area (Å²) < 4.78 is 0. The van der Waals surface area contributed by atoms with Gasteiger partial charge in [0.05, 0.1) is 6.42 Å². The summed E-state index contributed by atoms with van der Waals surface area (Å²) in [5, 5.41) is 10.8. The molecule has 1 rings (SSSR count). The smallest absolute Gasteiger partial charge is 0.326 e. The molecule has 0 bridgehead atoms. The third kappa shape index (κ3) is 3.48.